The molecule has 3 aromatic rings. The number of carbonyl (C=O) groups excluding carboxylic acids is 1. The van der Waals surface area contributed by atoms with E-state index in [4.69, 9.17) is 4.74 Å². The second-order valence-corrected chi connectivity index (χ2v) is 6.71. The van der Waals surface area contributed by atoms with Crippen molar-refractivity contribution in [1.29, 1.82) is 0 Å². The minimum atomic E-state index is -0.328. The van der Waals surface area contributed by atoms with Gasteiger partial charge in [-0.3, -0.25) is 4.79 Å². The van der Waals surface area contributed by atoms with E-state index in [1.54, 1.807) is 6.20 Å². The van der Waals surface area contributed by atoms with E-state index in [-0.39, 0.29) is 17.7 Å². The summed E-state index contributed by atoms with van der Waals surface area (Å²) in [5, 5.41) is 3.89. The zero-order valence-electron chi connectivity index (χ0n) is 16.0. The summed E-state index contributed by atoms with van der Waals surface area (Å²) in [5.74, 6) is 0.673. The fourth-order valence-electron chi connectivity index (χ4n) is 3.63. The van der Waals surface area contributed by atoms with Gasteiger partial charge in [-0.1, -0.05) is 0 Å². The molecule has 0 bridgehead atoms. The van der Waals surface area contributed by atoms with Crippen LogP contribution in [0.5, 0.6) is 6.01 Å². The predicted octanol–water partition coefficient (Wildman–Crippen LogP) is 1.89. The van der Waals surface area contributed by atoms with Gasteiger partial charge in [0, 0.05) is 37.4 Å². The molecule has 1 amide bonds. The van der Waals surface area contributed by atoms with Gasteiger partial charge < -0.3 is 19.9 Å². The highest BCUT2D eigenvalue weighted by Gasteiger charge is 2.26. The summed E-state index contributed by atoms with van der Waals surface area (Å²) < 4.78 is 5.16. The van der Waals surface area contributed by atoms with Gasteiger partial charge in [0.1, 0.15) is 5.65 Å². The largest absolute Gasteiger partial charge is 0.467 e. The molecule has 0 saturated carbocycles. The van der Waals surface area contributed by atoms with Crippen molar-refractivity contribution < 1.29 is 9.53 Å². The average Bonchev–Trinajstić information content (AvgIpc) is 3.18. The summed E-state index contributed by atoms with van der Waals surface area (Å²) in [6, 6.07) is 4.22. The molecule has 146 valence electrons. The number of aromatic amines is 1. The molecule has 0 spiro atoms. The van der Waals surface area contributed by atoms with Crippen LogP contribution < -0.4 is 15.0 Å². The minimum absolute atomic E-state index is 0.0773. The first-order valence-corrected chi connectivity index (χ1v) is 9.44. The Bertz CT molecular complexity index is 979. The first kappa shape index (κ1) is 18.1. The molecule has 28 heavy (non-hydrogen) atoms. The van der Waals surface area contributed by atoms with Crippen LogP contribution in [0.1, 0.15) is 41.9 Å². The van der Waals surface area contributed by atoms with Crippen molar-refractivity contribution in [3.63, 3.8) is 0 Å². The normalized spacial score (nSPS) is 15.0. The molecule has 1 aliphatic rings. The van der Waals surface area contributed by atoms with Gasteiger partial charge in [-0.05, 0) is 43.4 Å². The summed E-state index contributed by atoms with van der Waals surface area (Å²) in [4.78, 5) is 34.6. The summed E-state index contributed by atoms with van der Waals surface area (Å²) in [7, 11) is 1.48. The third-order valence-corrected chi connectivity index (χ3v) is 5.03. The van der Waals surface area contributed by atoms with Gasteiger partial charge in [-0.2, -0.15) is 15.0 Å². The number of piperidine rings is 1. The molecular formula is C19H23N7O2. The number of methoxy groups -OCH3 is 1. The van der Waals surface area contributed by atoms with Crippen LogP contribution in [-0.4, -0.2) is 57.6 Å². The Morgan fingerprint density at radius 3 is 2.89 bits per heavy atom. The van der Waals surface area contributed by atoms with Gasteiger partial charge in [0.25, 0.3) is 5.91 Å². The van der Waals surface area contributed by atoms with Gasteiger partial charge in [-0.15, -0.1) is 0 Å². The summed E-state index contributed by atoms with van der Waals surface area (Å²) in [6.45, 7) is 3.94. The number of aromatic nitrogens is 5. The number of nitrogens with zero attached hydrogens (tertiary/aromatic N) is 5. The number of hydrogen-bond acceptors (Lipinski definition) is 7. The van der Waals surface area contributed by atoms with Crippen molar-refractivity contribution in [1.82, 2.24) is 30.2 Å². The molecule has 0 aromatic carbocycles. The summed E-state index contributed by atoms with van der Waals surface area (Å²) in [5.41, 5.74) is 2.23. The number of fused-ring (bicyclic) bond motifs is 1. The third-order valence-electron chi connectivity index (χ3n) is 5.03. The van der Waals surface area contributed by atoms with E-state index in [9.17, 15) is 4.79 Å². The Morgan fingerprint density at radius 1 is 1.32 bits per heavy atom. The average molecular weight is 381 g/mol. The lowest BCUT2D eigenvalue weighted by Gasteiger charge is -2.32. The number of ether oxygens (including phenoxy) is 1. The monoisotopic (exact) mass is 381 g/mol. The van der Waals surface area contributed by atoms with Crippen molar-refractivity contribution in [2.24, 2.45) is 0 Å². The number of anilines is 1. The number of nitrogens with one attached hydrogen (secondary N) is 2. The molecule has 1 aliphatic heterocycles. The molecular weight excluding hydrogens is 358 g/mol. The van der Waals surface area contributed by atoms with Crippen LogP contribution in [0.2, 0.25) is 0 Å². The lowest BCUT2D eigenvalue weighted by Crippen LogP contribution is -2.35. The summed E-state index contributed by atoms with van der Waals surface area (Å²) >= 11 is 0. The second-order valence-electron chi connectivity index (χ2n) is 6.71. The molecule has 0 unspecified atom stereocenters. The third kappa shape index (κ3) is 3.47. The summed E-state index contributed by atoms with van der Waals surface area (Å²) in [6.07, 6.45) is 5.79. The molecule has 2 N–H and O–H groups in total. The number of pyridine rings is 1. The van der Waals surface area contributed by atoms with Crippen LogP contribution in [0.25, 0.3) is 11.0 Å². The zero-order valence-corrected chi connectivity index (χ0v) is 16.0. The Morgan fingerprint density at radius 2 is 2.14 bits per heavy atom. The van der Waals surface area contributed by atoms with Crippen molar-refractivity contribution >= 4 is 22.9 Å². The molecule has 0 atom stereocenters. The van der Waals surface area contributed by atoms with Gasteiger partial charge in [0.05, 0.1) is 7.11 Å². The second kappa shape index (κ2) is 7.79. The number of H-pyrrole nitrogens is 1. The molecule has 4 heterocycles. The molecule has 9 nitrogen and oxygen atoms in total. The van der Waals surface area contributed by atoms with Crippen LogP contribution in [0.3, 0.4) is 0 Å². The number of hydrogen-bond donors (Lipinski definition) is 2. The van der Waals surface area contributed by atoms with E-state index in [1.165, 1.54) is 18.1 Å². The van der Waals surface area contributed by atoms with Gasteiger partial charge in [0.15, 0.2) is 0 Å². The van der Waals surface area contributed by atoms with Crippen LogP contribution in [0.15, 0.2) is 24.5 Å². The topological polar surface area (TPSA) is 109 Å². The van der Waals surface area contributed by atoms with Crippen molar-refractivity contribution in [2.45, 2.75) is 25.7 Å². The predicted molar refractivity (Wildman–Crippen MR) is 105 cm³/mol. The molecule has 9 heteroatoms. The quantitative estimate of drug-likeness (QED) is 0.694. The van der Waals surface area contributed by atoms with E-state index in [0.717, 1.165) is 31.6 Å². The lowest BCUT2D eigenvalue weighted by molar-refractivity contribution is 0.0944. The molecule has 1 fully saturated rings. The fraction of sp³-hybridized carbons (Fsp3) is 0.421. The maximum Gasteiger partial charge on any atom is 0.321 e. The van der Waals surface area contributed by atoms with E-state index in [2.05, 4.69) is 47.4 Å². The maximum atomic E-state index is 12.1. The van der Waals surface area contributed by atoms with Crippen LogP contribution >= 0.6 is 0 Å². The first-order chi connectivity index (χ1) is 13.7. The maximum absolute atomic E-state index is 12.1. The van der Waals surface area contributed by atoms with Crippen LogP contribution in [0.4, 0.5) is 5.95 Å². The van der Waals surface area contributed by atoms with E-state index in [0.29, 0.717) is 18.4 Å². The van der Waals surface area contributed by atoms with Crippen molar-refractivity contribution in [3.05, 3.63) is 35.9 Å². The van der Waals surface area contributed by atoms with E-state index >= 15 is 0 Å². The van der Waals surface area contributed by atoms with Crippen LogP contribution in [-0.2, 0) is 0 Å². The number of rotatable bonds is 5. The van der Waals surface area contributed by atoms with E-state index in [1.807, 2.05) is 13.0 Å². The highest BCUT2D eigenvalue weighted by molar-refractivity contribution is 5.90. The zero-order chi connectivity index (χ0) is 19.5. The SMILES string of the molecule is CCNC(=O)c1nc(OC)nc(N2CCC(c3c[nH]c4ncccc34)CC2)n1. The molecule has 0 radical (unpaired) electrons. The molecule has 4 rings (SSSR count). The molecule has 1 saturated heterocycles. The smallest absolute Gasteiger partial charge is 0.321 e. The molecule has 0 aliphatic carbocycles. The van der Waals surface area contributed by atoms with Gasteiger partial charge in [-0.25, -0.2) is 4.98 Å². The Balaban J connectivity index is 1.52. The fourth-order valence-corrected chi connectivity index (χ4v) is 3.63. The van der Waals surface area contributed by atoms with Crippen molar-refractivity contribution in [3.8, 4) is 6.01 Å². The van der Waals surface area contributed by atoms with Gasteiger partial charge >= 0.3 is 6.01 Å². The Kier molecular flexibility index (Phi) is 5.05. The Hall–Kier alpha value is -3.23. The van der Waals surface area contributed by atoms with Crippen LogP contribution in [0, 0.1) is 0 Å². The Labute approximate surface area is 162 Å². The standard InChI is InChI=1S/C19H23N7O2/c1-3-20-17(27)16-23-18(25-19(24-16)28-2)26-9-6-12(7-10-26)14-11-22-15-13(14)5-4-8-21-15/h4-5,8,11-12H,3,6-7,9-10H2,1-2H3,(H,20,27)(H,21,22). The van der Waals surface area contributed by atoms with E-state index < -0.39 is 0 Å². The first-order valence-electron chi connectivity index (χ1n) is 9.44. The number of amides is 1. The van der Waals surface area contributed by atoms with Gasteiger partial charge in [0.2, 0.25) is 11.8 Å². The highest BCUT2D eigenvalue weighted by Crippen LogP contribution is 2.33. The minimum Gasteiger partial charge on any atom is -0.467 e. The number of carbonyl (C=O) groups is 1. The van der Waals surface area contributed by atoms with Crippen molar-refractivity contribution in [2.75, 3.05) is 31.6 Å². The lowest BCUT2D eigenvalue weighted by atomic mass is 9.89. The highest BCUT2D eigenvalue weighted by atomic mass is 16.5. The molecule has 3 aromatic heterocycles.